The van der Waals surface area contributed by atoms with Gasteiger partial charge in [0.05, 0.1) is 11.5 Å². The lowest BCUT2D eigenvalue weighted by Crippen LogP contribution is -2.44. The van der Waals surface area contributed by atoms with Crippen LogP contribution < -0.4 is 5.32 Å². The Morgan fingerprint density at radius 2 is 1.75 bits per heavy atom. The molecule has 0 aromatic carbocycles. The predicted molar refractivity (Wildman–Crippen MR) is 80.8 cm³/mol. The quantitative estimate of drug-likeness (QED) is 0.540. The Morgan fingerprint density at radius 3 is 2.35 bits per heavy atom. The minimum Gasteiger partial charge on any atom is -0.481 e. The summed E-state index contributed by atoms with van der Waals surface area (Å²) in [4.78, 5) is 10.9. The second kappa shape index (κ2) is 9.35. The standard InChI is InChI=1S/C16H31NO3/c1-2-3-4-5-6-7-12-17-13-16(20)10-8-14(9-11-16)15(18)19/h14,17,20H,2-13H2,1H3,(H,18,19). The fourth-order valence-corrected chi connectivity index (χ4v) is 2.93. The average molecular weight is 285 g/mol. The van der Waals surface area contributed by atoms with E-state index in [2.05, 4.69) is 12.2 Å². The van der Waals surface area contributed by atoms with Crippen LogP contribution in [0.4, 0.5) is 0 Å². The Balaban J connectivity index is 2.03. The molecule has 1 saturated carbocycles. The van der Waals surface area contributed by atoms with Gasteiger partial charge in [-0.05, 0) is 38.6 Å². The molecule has 4 heteroatoms. The molecule has 1 rings (SSSR count). The van der Waals surface area contributed by atoms with E-state index < -0.39 is 11.6 Å². The summed E-state index contributed by atoms with van der Waals surface area (Å²) in [5.74, 6) is -0.971. The summed E-state index contributed by atoms with van der Waals surface area (Å²) in [5, 5.41) is 22.7. The highest BCUT2D eigenvalue weighted by atomic mass is 16.4. The minimum atomic E-state index is -0.716. The first-order chi connectivity index (χ1) is 9.57. The van der Waals surface area contributed by atoms with Crippen LogP contribution in [0.3, 0.4) is 0 Å². The number of rotatable bonds is 10. The van der Waals surface area contributed by atoms with Crippen LogP contribution in [0, 0.1) is 5.92 Å². The van der Waals surface area contributed by atoms with E-state index in [1.165, 1.54) is 32.1 Å². The molecule has 0 atom stereocenters. The van der Waals surface area contributed by atoms with Crippen molar-refractivity contribution in [1.29, 1.82) is 0 Å². The topological polar surface area (TPSA) is 69.6 Å². The van der Waals surface area contributed by atoms with Crippen molar-refractivity contribution in [2.75, 3.05) is 13.1 Å². The number of carboxylic acid groups (broad SMARTS) is 1. The van der Waals surface area contributed by atoms with E-state index in [1.54, 1.807) is 0 Å². The van der Waals surface area contributed by atoms with Crippen molar-refractivity contribution >= 4 is 5.97 Å². The van der Waals surface area contributed by atoms with Crippen molar-refractivity contribution in [3.63, 3.8) is 0 Å². The molecule has 0 saturated heterocycles. The lowest BCUT2D eigenvalue weighted by Gasteiger charge is -2.34. The van der Waals surface area contributed by atoms with Crippen LogP contribution in [0.1, 0.15) is 71.1 Å². The Bertz CT molecular complexity index is 273. The van der Waals surface area contributed by atoms with Crippen LogP contribution in [-0.2, 0) is 4.79 Å². The van der Waals surface area contributed by atoms with Gasteiger partial charge in [0, 0.05) is 6.54 Å². The highest BCUT2D eigenvalue weighted by molar-refractivity contribution is 5.70. The fraction of sp³-hybridized carbons (Fsp3) is 0.938. The molecule has 1 fully saturated rings. The normalized spacial score (nSPS) is 26.6. The number of aliphatic carboxylic acids is 1. The van der Waals surface area contributed by atoms with Gasteiger partial charge >= 0.3 is 5.97 Å². The molecule has 0 radical (unpaired) electrons. The van der Waals surface area contributed by atoms with Gasteiger partial charge in [0.15, 0.2) is 0 Å². The molecule has 3 N–H and O–H groups in total. The number of aliphatic hydroxyl groups is 1. The molecule has 1 aliphatic rings. The van der Waals surface area contributed by atoms with E-state index in [9.17, 15) is 9.90 Å². The number of hydrogen-bond acceptors (Lipinski definition) is 3. The van der Waals surface area contributed by atoms with Crippen molar-refractivity contribution in [3.05, 3.63) is 0 Å². The molecule has 0 aliphatic heterocycles. The summed E-state index contributed by atoms with van der Waals surface area (Å²) in [6, 6.07) is 0. The van der Waals surface area contributed by atoms with Crippen LogP contribution in [-0.4, -0.2) is 34.9 Å². The monoisotopic (exact) mass is 285 g/mol. The molecule has 0 unspecified atom stereocenters. The third kappa shape index (κ3) is 6.71. The smallest absolute Gasteiger partial charge is 0.306 e. The SMILES string of the molecule is CCCCCCCCNCC1(O)CCC(C(=O)O)CC1. The van der Waals surface area contributed by atoms with Gasteiger partial charge in [-0.1, -0.05) is 39.0 Å². The van der Waals surface area contributed by atoms with Crippen LogP contribution in [0.25, 0.3) is 0 Å². The fourth-order valence-electron chi connectivity index (χ4n) is 2.93. The summed E-state index contributed by atoms with van der Waals surface area (Å²) < 4.78 is 0. The highest BCUT2D eigenvalue weighted by Gasteiger charge is 2.35. The molecule has 0 amide bonds. The van der Waals surface area contributed by atoms with Gasteiger partial charge in [0.1, 0.15) is 0 Å². The van der Waals surface area contributed by atoms with Gasteiger partial charge in [-0.2, -0.15) is 0 Å². The van der Waals surface area contributed by atoms with E-state index in [0.29, 0.717) is 32.2 Å². The Hall–Kier alpha value is -0.610. The summed E-state index contributed by atoms with van der Waals surface area (Å²) >= 11 is 0. The molecule has 0 bridgehead atoms. The molecule has 4 nitrogen and oxygen atoms in total. The van der Waals surface area contributed by atoms with E-state index >= 15 is 0 Å². The zero-order valence-electron chi connectivity index (χ0n) is 12.9. The largest absolute Gasteiger partial charge is 0.481 e. The minimum absolute atomic E-state index is 0.256. The maximum atomic E-state index is 10.9. The van der Waals surface area contributed by atoms with Gasteiger partial charge in [0.2, 0.25) is 0 Å². The second-order valence-electron chi connectivity index (χ2n) is 6.28. The Kier molecular flexibility index (Phi) is 8.15. The number of hydrogen-bond donors (Lipinski definition) is 3. The molecule has 0 spiro atoms. The molecule has 1 aliphatic carbocycles. The Labute approximate surface area is 123 Å². The summed E-state index contributed by atoms with van der Waals surface area (Å²) in [5.41, 5.74) is -0.686. The third-order valence-corrected chi connectivity index (χ3v) is 4.43. The van der Waals surface area contributed by atoms with Gasteiger partial charge in [-0.25, -0.2) is 0 Å². The van der Waals surface area contributed by atoms with Crippen molar-refractivity contribution in [1.82, 2.24) is 5.32 Å². The lowest BCUT2D eigenvalue weighted by molar-refractivity contribution is -0.144. The average Bonchev–Trinajstić information content (AvgIpc) is 2.42. The van der Waals surface area contributed by atoms with E-state index in [0.717, 1.165) is 13.0 Å². The zero-order chi connectivity index (χ0) is 14.8. The maximum absolute atomic E-state index is 10.9. The van der Waals surface area contributed by atoms with E-state index in [4.69, 9.17) is 5.11 Å². The van der Waals surface area contributed by atoms with Gasteiger partial charge < -0.3 is 15.5 Å². The Morgan fingerprint density at radius 1 is 1.15 bits per heavy atom. The second-order valence-corrected chi connectivity index (χ2v) is 6.28. The maximum Gasteiger partial charge on any atom is 0.306 e. The first kappa shape index (κ1) is 17.4. The molecule has 0 aromatic rings. The van der Waals surface area contributed by atoms with E-state index in [1.807, 2.05) is 0 Å². The summed E-state index contributed by atoms with van der Waals surface area (Å²) in [6.07, 6.45) is 10.1. The van der Waals surface area contributed by atoms with Crippen LogP contribution in [0.2, 0.25) is 0 Å². The lowest BCUT2D eigenvalue weighted by atomic mass is 9.79. The number of carbonyl (C=O) groups is 1. The number of unbranched alkanes of at least 4 members (excludes halogenated alkanes) is 5. The van der Waals surface area contributed by atoms with Crippen molar-refractivity contribution in [3.8, 4) is 0 Å². The predicted octanol–water partition coefficient (Wildman–Crippen LogP) is 2.94. The first-order valence-corrected chi connectivity index (χ1v) is 8.23. The van der Waals surface area contributed by atoms with Crippen molar-refractivity contribution < 1.29 is 15.0 Å². The molecule has 0 heterocycles. The van der Waals surface area contributed by atoms with Crippen LogP contribution >= 0.6 is 0 Å². The van der Waals surface area contributed by atoms with Gasteiger partial charge in [0.25, 0.3) is 0 Å². The van der Waals surface area contributed by atoms with Crippen LogP contribution in [0.15, 0.2) is 0 Å². The van der Waals surface area contributed by atoms with E-state index in [-0.39, 0.29) is 5.92 Å². The van der Waals surface area contributed by atoms with Crippen LogP contribution in [0.5, 0.6) is 0 Å². The first-order valence-electron chi connectivity index (χ1n) is 8.23. The zero-order valence-corrected chi connectivity index (χ0v) is 12.9. The summed E-state index contributed by atoms with van der Waals surface area (Å²) in [7, 11) is 0. The molecule has 20 heavy (non-hydrogen) atoms. The molecule has 118 valence electrons. The van der Waals surface area contributed by atoms with Crippen molar-refractivity contribution in [2.45, 2.75) is 76.7 Å². The number of carboxylic acids is 1. The third-order valence-electron chi connectivity index (χ3n) is 4.43. The van der Waals surface area contributed by atoms with Crippen molar-refractivity contribution in [2.24, 2.45) is 5.92 Å². The molecular weight excluding hydrogens is 254 g/mol. The molecule has 0 aromatic heterocycles. The van der Waals surface area contributed by atoms with Gasteiger partial charge in [-0.15, -0.1) is 0 Å². The summed E-state index contributed by atoms with van der Waals surface area (Å²) in [6.45, 7) is 3.78. The van der Waals surface area contributed by atoms with Gasteiger partial charge in [-0.3, -0.25) is 4.79 Å². The molecular formula is C16H31NO3. The number of nitrogens with one attached hydrogen (secondary N) is 1. The highest BCUT2D eigenvalue weighted by Crippen LogP contribution is 2.31.